The highest BCUT2D eigenvalue weighted by molar-refractivity contribution is 5.80. The SMILES string of the molecule is N#CC1CN(C(=O)C2CCCC2O)CCN1Cc1ccccc1. The number of carbonyl (C=O) groups is 1. The van der Waals surface area contributed by atoms with Crippen molar-refractivity contribution in [3.63, 3.8) is 0 Å². The summed E-state index contributed by atoms with van der Waals surface area (Å²) in [5, 5.41) is 19.4. The molecule has 1 N–H and O–H groups in total. The molecule has 1 aliphatic heterocycles. The van der Waals surface area contributed by atoms with Crippen molar-refractivity contribution in [1.82, 2.24) is 9.80 Å². The third-order valence-electron chi connectivity index (χ3n) is 4.98. The van der Waals surface area contributed by atoms with Gasteiger partial charge in [0.15, 0.2) is 0 Å². The molecule has 122 valence electrons. The first-order chi connectivity index (χ1) is 11.2. The fraction of sp³-hybridized carbons (Fsp3) is 0.556. The van der Waals surface area contributed by atoms with Gasteiger partial charge in [0.2, 0.25) is 5.91 Å². The zero-order valence-corrected chi connectivity index (χ0v) is 13.3. The van der Waals surface area contributed by atoms with E-state index in [-0.39, 0.29) is 17.9 Å². The molecule has 0 bridgehead atoms. The van der Waals surface area contributed by atoms with E-state index < -0.39 is 6.10 Å². The first-order valence-corrected chi connectivity index (χ1v) is 8.33. The Balaban J connectivity index is 1.62. The summed E-state index contributed by atoms with van der Waals surface area (Å²) in [6.45, 7) is 2.49. The fourth-order valence-corrected chi connectivity index (χ4v) is 3.61. The van der Waals surface area contributed by atoms with Gasteiger partial charge in [-0.3, -0.25) is 9.69 Å². The molecule has 5 nitrogen and oxygen atoms in total. The smallest absolute Gasteiger partial charge is 0.228 e. The van der Waals surface area contributed by atoms with Crippen LogP contribution in [-0.2, 0) is 11.3 Å². The summed E-state index contributed by atoms with van der Waals surface area (Å²) in [6.07, 6.45) is 1.88. The molecular weight excluding hydrogens is 290 g/mol. The summed E-state index contributed by atoms with van der Waals surface area (Å²) in [5.74, 6) is -0.246. The number of piperazine rings is 1. The second-order valence-corrected chi connectivity index (χ2v) is 6.49. The number of benzene rings is 1. The van der Waals surface area contributed by atoms with Crippen molar-refractivity contribution < 1.29 is 9.90 Å². The fourth-order valence-electron chi connectivity index (χ4n) is 3.61. The molecular formula is C18H23N3O2. The predicted octanol–water partition coefficient (Wildman–Crippen LogP) is 1.38. The summed E-state index contributed by atoms with van der Waals surface area (Å²) in [4.78, 5) is 16.5. The number of carbonyl (C=O) groups excluding carboxylic acids is 1. The molecule has 1 aromatic carbocycles. The van der Waals surface area contributed by atoms with Crippen LogP contribution in [0.2, 0.25) is 0 Å². The quantitative estimate of drug-likeness (QED) is 0.915. The van der Waals surface area contributed by atoms with Crippen LogP contribution < -0.4 is 0 Å². The topological polar surface area (TPSA) is 67.6 Å². The lowest BCUT2D eigenvalue weighted by Gasteiger charge is -2.39. The molecule has 1 aromatic rings. The first kappa shape index (κ1) is 16.0. The Hall–Kier alpha value is -1.90. The lowest BCUT2D eigenvalue weighted by Crippen LogP contribution is -2.55. The molecule has 3 atom stereocenters. The second kappa shape index (κ2) is 7.12. The molecule has 2 fully saturated rings. The number of hydrogen-bond acceptors (Lipinski definition) is 4. The average Bonchev–Trinajstić information content (AvgIpc) is 3.01. The maximum absolute atomic E-state index is 12.6. The van der Waals surface area contributed by atoms with E-state index >= 15 is 0 Å². The number of nitriles is 1. The minimum atomic E-state index is -0.509. The van der Waals surface area contributed by atoms with E-state index in [4.69, 9.17) is 0 Å². The molecule has 3 unspecified atom stereocenters. The zero-order valence-electron chi connectivity index (χ0n) is 13.3. The van der Waals surface area contributed by atoms with E-state index in [1.54, 1.807) is 4.90 Å². The lowest BCUT2D eigenvalue weighted by atomic mass is 10.0. The van der Waals surface area contributed by atoms with Crippen LogP contribution in [0.5, 0.6) is 0 Å². The van der Waals surface area contributed by atoms with E-state index in [0.29, 0.717) is 26.1 Å². The molecule has 1 heterocycles. The Kier molecular flexibility index (Phi) is 4.94. The normalized spacial score (nSPS) is 28.5. The molecule has 0 spiro atoms. The van der Waals surface area contributed by atoms with Gasteiger partial charge < -0.3 is 10.0 Å². The van der Waals surface area contributed by atoms with Crippen LogP contribution in [-0.4, -0.2) is 52.6 Å². The van der Waals surface area contributed by atoms with Crippen LogP contribution >= 0.6 is 0 Å². The van der Waals surface area contributed by atoms with Crippen molar-refractivity contribution >= 4 is 5.91 Å². The largest absolute Gasteiger partial charge is 0.392 e. The van der Waals surface area contributed by atoms with Crippen LogP contribution in [0.25, 0.3) is 0 Å². The van der Waals surface area contributed by atoms with Crippen LogP contribution in [0.15, 0.2) is 30.3 Å². The molecule has 3 rings (SSSR count). The second-order valence-electron chi connectivity index (χ2n) is 6.49. The van der Waals surface area contributed by atoms with Crippen LogP contribution in [0, 0.1) is 17.2 Å². The van der Waals surface area contributed by atoms with Gasteiger partial charge in [0.25, 0.3) is 0 Å². The maximum Gasteiger partial charge on any atom is 0.228 e. The Labute approximate surface area is 137 Å². The summed E-state index contributed by atoms with van der Waals surface area (Å²) < 4.78 is 0. The Morgan fingerprint density at radius 2 is 2.04 bits per heavy atom. The van der Waals surface area contributed by atoms with Gasteiger partial charge in [-0.1, -0.05) is 30.3 Å². The van der Waals surface area contributed by atoms with E-state index in [0.717, 1.165) is 19.4 Å². The van der Waals surface area contributed by atoms with Crippen molar-refractivity contribution in [2.24, 2.45) is 5.92 Å². The predicted molar refractivity (Wildman–Crippen MR) is 86.2 cm³/mol. The lowest BCUT2D eigenvalue weighted by molar-refractivity contribution is -0.140. The van der Waals surface area contributed by atoms with Gasteiger partial charge in [0.05, 0.1) is 18.1 Å². The number of aliphatic hydroxyl groups excluding tert-OH is 1. The number of amides is 1. The summed E-state index contributed by atoms with van der Waals surface area (Å²) in [5.41, 5.74) is 1.18. The van der Waals surface area contributed by atoms with Crippen LogP contribution in [0.4, 0.5) is 0 Å². The molecule has 5 heteroatoms. The summed E-state index contributed by atoms with van der Waals surface area (Å²) in [6, 6.07) is 12.1. The van der Waals surface area contributed by atoms with Crippen LogP contribution in [0.1, 0.15) is 24.8 Å². The minimum Gasteiger partial charge on any atom is -0.392 e. The molecule has 0 aromatic heterocycles. The third kappa shape index (κ3) is 3.54. The van der Waals surface area contributed by atoms with Crippen molar-refractivity contribution in [2.75, 3.05) is 19.6 Å². The number of nitrogens with zero attached hydrogens (tertiary/aromatic N) is 3. The van der Waals surface area contributed by atoms with Crippen LogP contribution in [0.3, 0.4) is 0 Å². The highest BCUT2D eigenvalue weighted by Crippen LogP contribution is 2.28. The summed E-state index contributed by atoms with van der Waals surface area (Å²) in [7, 11) is 0. The number of rotatable bonds is 3. The van der Waals surface area contributed by atoms with Gasteiger partial charge in [0, 0.05) is 26.2 Å². The highest BCUT2D eigenvalue weighted by Gasteiger charge is 2.37. The number of aliphatic hydroxyl groups is 1. The molecule has 2 aliphatic rings. The van der Waals surface area contributed by atoms with Gasteiger partial charge >= 0.3 is 0 Å². The molecule has 23 heavy (non-hydrogen) atoms. The molecule has 1 saturated heterocycles. The minimum absolute atomic E-state index is 0.0228. The molecule has 0 radical (unpaired) electrons. The Bertz CT molecular complexity index is 584. The highest BCUT2D eigenvalue weighted by atomic mass is 16.3. The standard InChI is InChI=1S/C18H23N3O2/c19-11-15-13-21(18(23)16-7-4-8-17(16)22)10-9-20(15)12-14-5-2-1-3-6-14/h1-3,5-6,15-17,22H,4,7-10,12-13H2. The van der Waals surface area contributed by atoms with E-state index in [9.17, 15) is 15.2 Å². The van der Waals surface area contributed by atoms with Gasteiger partial charge in [-0.2, -0.15) is 5.26 Å². The van der Waals surface area contributed by atoms with Gasteiger partial charge in [-0.15, -0.1) is 0 Å². The van der Waals surface area contributed by atoms with Crippen molar-refractivity contribution in [1.29, 1.82) is 5.26 Å². The zero-order chi connectivity index (χ0) is 16.2. The van der Waals surface area contributed by atoms with E-state index in [2.05, 4.69) is 23.1 Å². The number of hydrogen-bond donors (Lipinski definition) is 1. The van der Waals surface area contributed by atoms with E-state index in [1.165, 1.54) is 5.56 Å². The third-order valence-corrected chi connectivity index (χ3v) is 4.98. The molecule has 1 aliphatic carbocycles. The van der Waals surface area contributed by atoms with Crippen molar-refractivity contribution in [3.05, 3.63) is 35.9 Å². The Morgan fingerprint density at radius 3 is 2.70 bits per heavy atom. The molecule has 1 amide bonds. The van der Waals surface area contributed by atoms with Crippen molar-refractivity contribution in [3.8, 4) is 6.07 Å². The van der Waals surface area contributed by atoms with Crippen molar-refractivity contribution in [2.45, 2.75) is 38.0 Å². The van der Waals surface area contributed by atoms with Gasteiger partial charge in [-0.25, -0.2) is 0 Å². The van der Waals surface area contributed by atoms with Gasteiger partial charge in [-0.05, 0) is 24.8 Å². The Morgan fingerprint density at radius 1 is 1.26 bits per heavy atom. The average molecular weight is 313 g/mol. The summed E-state index contributed by atoms with van der Waals surface area (Å²) >= 11 is 0. The molecule has 1 saturated carbocycles. The van der Waals surface area contributed by atoms with E-state index in [1.807, 2.05) is 18.2 Å². The first-order valence-electron chi connectivity index (χ1n) is 8.33. The van der Waals surface area contributed by atoms with Gasteiger partial charge in [0.1, 0.15) is 6.04 Å². The monoisotopic (exact) mass is 313 g/mol. The maximum atomic E-state index is 12.6.